The smallest absolute Gasteiger partial charge is 0.251 e. The van der Waals surface area contributed by atoms with Gasteiger partial charge in [-0.25, -0.2) is 0 Å². The second-order valence-electron chi connectivity index (χ2n) is 4.80. The minimum atomic E-state index is -0.142. The molecule has 2 aromatic rings. The Balaban J connectivity index is 2.13. The first-order valence-corrected chi connectivity index (χ1v) is 6.48. The van der Waals surface area contributed by atoms with Crippen molar-refractivity contribution in [1.29, 1.82) is 5.26 Å². The lowest BCUT2D eigenvalue weighted by Crippen LogP contribution is -2.26. The molecule has 0 spiro atoms. The van der Waals surface area contributed by atoms with Crippen LogP contribution in [0.15, 0.2) is 48.5 Å². The average Bonchev–Trinajstić information content (AvgIpc) is 2.47. The van der Waals surface area contributed by atoms with E-state index in [1.54, 1.807) is 18.2 Å². The highest BCUT2D eigenvalue weighted by Crippen LogP contribution is 2.15. The fourth-order valence-electron chi connectivity index (χ4n) is 2.03. The Labute approximate surface area is 118 Å². The summed E-state index contributed by atoms with van der Waals surface area (Å²) in [5.41, 5.74) is 3.22. The Morgan fingerprint density at radius 1 is 1.20 bits per heavy atom. The van der Waals surface area contributed by atoms with Crippen LogP contribution in [0, 0.1) is 18.3 Å². The third kappa shape index (κ3) is 3.24. The Morgan fingerprint density at radius 3 is 2.65 bits per heavy atom. The first-order chi connectivity index (χ1) is 9.60. The standard InChI is InChI=1S/C17H16N2O/c1-12-5-3-8-16(9-12)17(20)19-13(2)15-7-4-6-14(10-15)11-18/h3-10,13H,1-2H3,(H,19,20). The van der Waals surface area contributed by atoms with Gasteiger partial charge in [0, 0.05) is 5.56 Å². The van der Waals surface area contributed by atoms with Gasteiger partial charge in [0.25, 0.3) is 5.91 Å². The van der Waals surface area contributed by atoms with Gasteiger partial charge in [0.15, 0.2) is 0 Å². The van der Waals surface area contributed by atoms with Crippen LogP contribution in [0.2, 0.25) is 0 Å². The maximum Gasteiger partial charge on any atom is 0.251 e. The first-order valence-electron chi connectivity index (χ1n) is 6.48. The summed E-state index contributed by atoms with van der Waals surface area (Å²) in [6, 6.07) is 16.7. The molecule has 0 heterocycles. The minimum Gasteiger partial charge on any atom is -0.346 e. The minimum absolute atomic E-state index is 0.108. The van der Waals surface area contributed by atoms with Crippen LogP contribution in [0.25, 0.3) is 0 Å². The molecule has 0 saturated carbocycles. The lowest BCUT2D eigenvalue weighted by Gasteiger charge is -2.14. The Morgan fingerprint density at radius 2 is 1.95 bits per heavy atom. The number of aryl methyl sites for hydroxylation is 1. The van der Waals surface area contributed by atoms with Gasteiger partial charge in [-0.15, -0.1) is 0 Å². The van der Waals surface area contributed by atoms with E-state index in [0.29, 0.717) is 11.1 Å². The highest BCUT2D eigenvalue weighted by Gasteiger charge is 2.11. The van der Waals surface area contributed by atoms with Gasteiger partial charge in [-0.05, 0) is 43.7 Å². The van der Waals surface area contributed by atoms with Crippen LogP contribution in [-0.2, 0) is 0 Å². The molecule has 0 saturated heterocycles. The molecule has 3 heteroatoms. The van der Waals surface area contributed by atoms with E-state index in [2.05, 4.69) is 11.4 Å². The van der Waals surface area contributed by atoms with Crippen molar-refractivity contribution in [2.45, 2.75) is 19.9 Å². The molecule has 0 aliphatic carbocycles. The van der Waals surface area contributed by atoms with Crippen LogP contribution in [-0.4, -0.2) is 5.91 Å². The number of nitrogens with zero attached hydrogens (tertiary/aromatic N) is 1. The molecule has 0 aliphatic rings. The highest BCUT2D eigenvalue weighted by molar-refractivity contribution is 5.94. The van der Waals surface area contributed by atoms with Crippen molar-refractivity contribution in [1.82, 2.24) is 5.32 Å². The number of hydrogen-bond acceptors (Lipinski definition) is 2. The molecule has 0 radical (unpaired) electrons. The number of hydrogen-bond donors (Lipinski definition) is 1. The number of nitrogens with one attached hydrogen (secondary N) is 1. The van der Waals surface area contributed by atoms with E-state index < -0.39 is 0 Å². The van der Waals surface area contributed by atoms with Crippen LogP contribution in [0.1, 0.15) is 40.0 Å². The van der Waals surface area contributed by atoms with Crippen LogP contribution in [0.3, 0.4) is 0 Å². The maximum atomic E-state index is 12.2. The molecule has 1 amide bonds. The number of rotatable bonds is 3. The molecule has 2 rings (SSSR count). The topological polar surface area (TPSA) is 52.9 Å². The lowest BCUT2D eigenvalue weighted by atomic mass is 10.0. The van der Waals surface area contributed by atoms with Crippen molar-refractivity contribution in [3.05, 3.63) is 70.8 Å². The van der Waals surface area contributed by atoms with Gasteiger partial charge < -0.3 is 5.32 Å². The molecule has 20 heavy (non-hydrogen) atoms. The van der Waals surface area contributed by atoms with Crippen molar-refractivity contribution < 1.29 is 4.79 Å². The number of nitriles is 1. The predicted molar refractivity (Wildman–Crippen MR) is 78.2 cm³/mol. The summed E-state index contributed by atoms with van der Waals surface area (Å²) < 4.78 is 0. The van der Waals surface area contributed by atoms with Crippen molar-refractivity contribution in [2.75, 3.05) is 0 Å². The summed E-state index contributed by atoms with van der Waals surface area (Å²) in [5, 5.41) is 11.8. The number of benzene rings is 2. The summed E-state index contributed by atoms with van der Waals surface area (Å²) >= 11 is 0. The van der Waals surface area contributed by atoms with Gasteiger partial charge in [-0.1, -0.05) is 29.8 Å². The third-order valence-corrected chi connectivity index (χ3v) is 3.14. The zero-order valence-electron chi connectivity index (χ0n) is 11.6. The summed E-state index contributed by atoms with van der Waals surface area (Å²) in [5.74, 6) is -0.108. The molecule has 0 aliphatic heterocycles. The summed E-state index contributed by atoms with van der Waals surface area (Å²) in [7, 11) is 0. The Bertz CT molecular complexity index is 671. The van der Waals surface area contributed by atoms with E-state index in [4.69, 9.17) is 5.26 Å². The largest absolute Gasteiger partial charge is 0.346 e. The normalized spacial score (nSPS) is 11.4. The summed E-state index contributed by atoms with van der Waals surface area (Å²) in [6.07, 6.45) is 0. The van der Waals surface area contributed by atoms with Crippen molar-refractivity contribution in [3.63, 3.8) is 0 Å². The van der Waals surface area contributed by atoms with Crippen molar-refractivity contribution in [2.24, 2.45) is 0 Å². The molecule has 1 atom stereocenters. The molecule has 1 N–H and O–H groups in total. The Kier molecular flexibility index (Phi) is 4.17. The van der Waals surface area contributed by atoms with Gasteiger partial charge in [0.1, 0.15) is 0 Å². The fourth-order valence-corrected chi connectivity index (χ4v) is 2.03. The highest BCUT2D eigenvalue weighted by atomic mass is 16.1. The molecule has 1 unspecified atom stereocenters. The first kappa shape index (κ1) is 13.8. The van der Waals surface area contributed by atoms with Crippen molar-refractivity contribution >= 4 is 5.91 Å². The zero-order valence-corrected chi connectivity index (χ0v) is 11.6. The molecular weight excluding hydrogens is 248 g/mol. The Hall–Kier alpha value is -2.60. The third-order valence-electron chi connectivity index (χ3n) is 3.14. The van der Waals surface area contributed by atoms with Gasteiger partial charge in [0.2, 0.25) is 0 Å². The number of carbonyl (C=O) groups is 1. The second-order valence-corrected chi connectivity index (χ2v) is 4.80. The molecule has 3 nitrogen and oxygen atoms in total. The van der Waals surface area contributed by atoms with Crippen LogP contribution < -0.4 is 5.32 Å². The van der Waals surface area contributed by atoms with E-state index >= 15 is 0 Å². The zero-order chi connectivity index (χ0) is 14.5. The van der Waals surface area contributed by atoms with Crippen LogP contribution in [0.4, 0.5) is 0 Å². The van der Waals surface area contributed by atoms with E-state index in [0.717, 1.165) is 11.1 Å². The molecule has 2 aromatic carbocycles. The lowest BCUT2D eigenvalue weighted by molar-refractivity contribution is 0.0940. The molecule has 0 fully saturated rings. The molecular formula is C17H16N2O. The quantitative estimate of drug-likeness (QED) is 0.924. The maximum absolute atomic E-state index is 12.2. The monoisotopic (exact) mass is 264 g/mol. The average molecular weight is 264 g/mol. The predicted octanol–water partition coefficient (Wildman–Crippen LogP) is 3.36. The van der Waals surface area contributed by atoms with Crippen molar-refractivity contribution in [3.8, 4) is 6.07 Å². The SMILES string of the molecule is Cc1cccc(C(=O)NC(C)c2cccc(C#N)c2)c1. The second kappa shape index (κ2) is 6.03. The van der Waals surface area contributed by atoms with E-state index in [1.165, 1.54) is 0 Å². The van der Waals surface area contributed by atoms with Crippen LogP contribution >= 0.6 is 0 Å². The van der Waals surface area contributed by atoms with E-state index in [1.807, 2.05) is 44.2 Å². The number of carbonyl (C=O) groups excluding carboxylic acids is 1. The van der Waals surface area contributed by atoms with Gasteiger partial charge in [-0.2, -0.15) is 5.26 Å². The van der Waals surface area contributed by atoms with Crippen LogP contribution in [0.5, 0.6) is 0 Å². The molecule has 100 valence electrons. The van der Waals surface area contributed by atoms with Gasteiger partial charge >= 0.3 is 0 Å². The van der Waals surface area contributed by atoms with E-state index in [-0.39, 0.29) is 11.9 Å². The molecule has 0 aromatic heterocycles. The van der Waals surface area contributed by atoms with E-state index in [9.17, 15) is 4.79 Å². The fraction of sp³-hybridized carbons (Fsp3) is 0.176. The van der Waals surface area contributed by atoms with Gasteiger partial charge in [-0.3, -0.25) is 4.79 Å². The van der Waals surface area contributed by atoms with Gasteiger partial charge in [0.05, 0.1) is 17.7 Å². The molecule has 0 bridgehead atoms. The summed E-state index contributed by atoms with van der Waals surface area (Å²) in [4.78, 5) is 12.2. The number of amides is 1. The summed E-state index contributed by atoms with van der Waals surface area (Å²) in [6.45, 7) is 3.86.